The fraction of sp³-hybridized carbons (Fsp3) is 0.600. The summed E-state index contributed by atoms with van der Waals surface area (Å²) in [6.07, 6.45) is 0.328. The van der Waals surface area contributed by atoms with Crippen molar-refractivity contribution in [1.82, 2.24) is 9.55 Å². The molecule has 1 saturated heterocycles. The molecule has 0 amide bonds. The maximum Gasteiger partial charge on any atom is 0.351 e. The van der Waals surface area contributed by atoms with Gasteiger partial charge in [0.1, 0.15) is 11.4 Å². The van der Waals surface area contributed by atoms with Gasteiger partial charge in [0.05, 0.1) is 12.7 Å². The summed E-state index contributed by atoms with van der Waals surface area (Å²) < 4.78 is 6.59. The van der Waals surface area contributed by atoms with Crippen molar-refractivity contribution >= 4 is 5.82 Å². The molecule has 0 aromatic carbocycles. The van der Waals surface area contributed by atoms with Crippen molar-refractivity contribution in [3.8, 4) is 0 Å². The Labute approximate surface area is 97.5 Å². The van der Waals surface area contributed by atoms with Crippen LogP contribution in [0.15, 0.2) is 17.1 Å². The third-order valence-electron chi connectivity index (χ3n) is 2.80. The van der Waals surface area contributed by atoms with Crippen LogP contribution < -0.4 is 11.4 Å². The van der Waals surface area contributed by atoms with Gasteiger partial charge >= 0.3 is 5.69 Å². The Balaban J connectivity index is 2.37. The quantitative estimate of drug-likeness (QED) is 0.603. The number of nitrogens with zero attached hydrogens (tertiary/aromatic N) is 2. The Morgan fingerprint density at radius 3 is 3.00 bits per heavy atom. The standard InChI is InChI=1S/C10H15N3O4/c1-10(16)4-6(5-14)17-8(10)13-3-2-7(11)12-9(13)15/h2-3,6,8,14,16H,4-5H2,1H3,(H2,11,12,15)/t6-,8+,10?/m0/s1. The van der Waals surface area contributed by atoms with Gasteiger partial charge in [0.25, 0.3) is 0 Å². The summed E-state index contributed by atoms with van der Waals surface area (Å²) in [6.45, 7) is 1.35. The molecule has 0 saturated carbocycles. The molecule has 17 heavy (non-hydrogen) atoms. The van der Waals surface area contributed by atoms with Crippen LogP contribution in [0, 0.1) is 0 Å². The van der Waals surface area contributed by atoms with E-state index < -0.39 is 23.6 Å². The number of aromatic nitrogens is 2. The minimum atomic E-state index is -1.23. The second-order valence-corrected chi connectivity index (χ2v) is 4.40. The summed E-state index contributed by atoms with van der Waals surface area (Å²) in [6, 6.07) is 1.45. The molecule has 94 valence electrons. The van der Waals surface area contributed by atoms with Crippen LogP contribution in [-0.4, -0.2) is 38.1 Å². The van der Waals surface area contributed by atoms with Crippen molar-refractivity contribution in [2.24, 2.45) is 0 Å². The summed E-state index contributed by atoms with van der Waals surface area (Å²) in [5.74, 6) is 0.114. The number of ether oxygens (including phenoxy) is 1. The van der Waals surface area contributed by atoms with Crippen LogP contribution in [0.1, 0.15) is 19.6 Å². The van der Waals surface area contributed by atoms with Gasteiger partial charge in [-0.25, -0.2) is 4.79 Å². The van der Waals surface area contributed by atoms with Gasteiger partial charge < -0.3 is 20.7 Å². The maximum atomic E-state index is 11.6. The summed E-state index contributed by atoms with van der Waals surface area (Å²) in [4.78, 5) is 15.2. The lowest BCUT2D eigenvalue weighted by molar-refractivity contribution is -0.0896. The molecule has 7 heteroatoms. The Bertz CT molecular complexity index is 471. The molecule has 0 bridgehead atoms. The van der Waals surface area contributed by atoms with Crippen LogP contribution in [0.5, 0.6) is 0 Å². The fourth-order valence-electron chi connectivity index (χ4n) is 2.02. The summed E-state index contributed by atoms with van der Waals surface area (Å²) in [5.41, 5.74) is 3.56. The van der Waals surface area contributed by atoms with Crippen molar-refractivity contribution in [2.75, 3.05) is 12.3 Å². The second kappa shape index (κ2) is 4.10. The van der Waals surface area contributed by atoms with Crippen LogP contribution in [0.3, 0.4) is 0 Å². The number of hydrogen-bond acceptors (Lipinski definition) is 6. The molecule has 1 fully saturated rings. The van der Waals surface area contributed by atoms with Crippen LogP contribution in [0.25, 0.3) is 0 Å². The van der Waals surface area contributed by atoms with E-state index >= 15 is 0 Å². The number of aliphatic hydroxyl groups is 2. The van der Waals surface area contributed by atoms with Gasteiger partial charge in [-0.15, -0.1) is 0 Å². The first-order valence-corrected chi connectivity index (χ1v) is 5.27. The van der Waals surface area contributed by atoms with Gasteiger partial charge in [0, 0.05) is 12.6 Å². The molecule has 0 spiro atoms. The average molecular weight is 241 g/mol. The zero-order valence-corrected chi connectivity index (χ0v) is 9.41. The highest BCUT2D eigenvalue weighted by Crippen LogP contribution is 2.36. The lowest BCUT2D eigenvalue weighted by atomic mass is 10.0. The minimum Gasteiger partial charge on any atom is -0.394 e. The molecule has 1 aromatic heterocycles. The van der Waals surface area contributed by atoms with Gasteiger partial charge in [-0.1, -0.05) is 0 Å². The van der Waals surface area contributed by atoms with Crippen molar-refractivity contribution < 1.29 is 14.9 Å². The number of anilines is 1. The predicted octanol–water partition coefficient (Wildman–Crippen LogP) is -1.14. The molecule has 3 atom stereocenters. The van der Waals surface area contributed by atoms with Crippen molar-refractivity contribution in [3.05, 3.63) is 22.7 Å². The van der Waals surface area contributed by atoms with Gasteiger partial charge in [-0.3, -0.25) is 4.57 Å². The Hall–Kier alpha value is -1.44. The summed E-state index contributed by atoms with van der Waals surface area (Å²) in [7, 11) is 0. The van der Waals surface area contributed by atoms with E-state index in [0.29, 0.717) is 0 Å². The molecule has 1 aromatic rings. The lowest BCUT2D eigenvalue weighted by Gasteiger charge is -2.24. The van der Waals surface area contributed by atoms with Crippen LogP contribution in [0.2, 0.25) is 0 Å². The van der Waals surface area contributed by atoms with Gasteiger partial charge in [-0.05, 0) is 13.0 Å². The van der Waals surface area contributed by atoms with Gasteiger partial charge in [0.2, 0.25) is 0 Å². The van der Waals surface area contributed by atoms with Gasteiger partial charge in [-0.2, -0.15) is 4.98 Å². The first kappa shape index (κ1) is 12.0. The second-order valence-electron chi connectivity index (χ2n) is 4.40. The zero-order valence-electron chi connectivity index (χ0n) is 9.41. The molecule has 2 rings (SSSR count). The van der Waals surface area contributed by atoms with Crippen LogP contribution >= 0.6 is 0 Å². The number of nitrogen functional groups attached to an aromatic ring is 1. The van der Waals surface area contributed by atoms with Crippen molar-refractivity contribution in [2.45, 2.75) is 31.3 Å². The van der Waals surface area contributed by atoms with Gasteiger partial charge in [0.15, 0.2) is 6.23 Å². The first-order chi connectivity index (χ1) is 7.94. The highest BCUT2D eigenvalue weighted by atomic mass is 16.5. The van der Waals surface area contributed by atoms with E-state index in [9.17, 15) is 9.90 Å². The highest BCUT2D eigenvalue weighted by Gasteiger charge is 2.45. The first-order valence-electron chi connectivity index (χ1n) is 5.27. The van der Waals surface area contributed by atoms with E-state index in [4.69, 9.17) is 15.6 Å². The molecule has 1 unspecified atom stereocenters. The molecule has 1 aliphatic rings. The number of hydrogen-bond donors (Lipinski definition) is 3. The number of nitrogens with two attached hydrogens (primary N) is 1. The smallest absolute Gasteiger partial charge is 0.351 e. The molecular weight excluding hydrogens is 226 g/mol. The number of aliphatic hydroxyl groups excluding tert-OH is 1. The Morgan fingerprint density at radius 1 is 1.76 bits per heavy atom. The van der Waals surface area contributed by atoms with E-state index in [1.165, 1.54) is 16.8 Å². The largest absolute Gasteiger partial charge is 0.394 e. The normalized spacial score (nSPS) is 32.9. The zero-order chi connectivity index (χ0) is 12.6. The van der Waals surface area contributed by atoms with Crippen molar-refractivity contribution in [1.29, 1.82) is 0 Å². The molecular formula is C10H15N3O4. The minimum absolute atomic E-state index is 0.114. The molecule has 0 aliphatic carbocycles. The summed E-state index contributed by atoms with van der Waals surface area (Å²) in [5, 5.41) is 19.2. The fourth-order valence-corrected chi connectivity index (χ4v) is 2.02. The molecule has 0 radical (unpaired) electrons. The molecule has 7 nitrogen and oxygen atoms in total. The van der Waals surface area contributed by atoms with E-state index in [2.05, 4.69) is 4.98 Å². The average Bonchev–Trinajstić information content (AvgIpc) is 2.54. The third-order valence-corrected chi connectivity index (χ3v) is 2.80. The van der Waals surface area contributed by atoms with E-state index in [0.717, 1.165) is 0 Å². The number of rotatable bonds is 2. The Kier molecular flexibility index (Phi) is 2.90. The molecule has 1 aliphatic heterocycles. The lowest BCUT2D eigenvalue weighted by Crippen LogP contribution is -2.38. The van der Waals surface area contributed by atoms with E-state index in [1.54, 1.807) is 6.92 Å². The van der Waals surface area contributed by atoms with E-state index in [-0.39, 0.29) is 18.8 Å². The van der Waals surface area contributed by atoms with E-state index in [1.807, 2.05) is 0 Å². The summed E-state index contributed by atoms with van der Waals surface area (Å²) >= 11 is 0. The van der Waals surface area contributed by atoms with Crippen molar-refractivity contribution in [3.63, 3.8) is 0 Å². The topological polar surface area (TPSA) is 111 Å². The molecule has 4 N–H and O–H groups in total. The van der Waals surface area contributed by atoms with Crippen LogP contribution in [-0.2, 0) is 4.74 Å². The predicted molar refractivity (Wildman–Crippen MR) is 59.1 cm³/mol. The maximum absolute atomic E-state index is 11.6. The van der Waals surface area contributed by atoms with Crippen LogP contribution in [0.4, 0.5) is 5.82 Å². The Morgan fingerprint density at radius 2 is 2.47 bits per heavy atom. The molecule has 2 heterocycles. The monoisotopic (exact) mass is 241 g/mol. The highest BCUT2D eigenvalue weighted by molar-refractivity contribution is 5.23. The SMILES string of the molecule is CC1(O)C[C@@H](CO)O[C@H]1n1ccc(N)nc1=O. The third kappa shape index (κ3) is 2.17.